The SMILES string of the molecule is COC1CCC(NC(=O)c2cc(Cl)nc3ccc(Br)cc23)CC1. The lowest BCUT2D eigenvalue weighted by Crippen LogP contribution is -2.39. The minimum atomic E-state index is -0.0988. The number of fused-ring (bicyclic) bond motifs is 1. The van der Waals surface area contributed by atoms with Crippen LogP contribution in [-0.4, -0.2) is 30.1 Å². The van der Waals surface area contributed by atoms with E-state index >= 15 is 0 Å². The molecule has 23 heavy (non-hydrogen) atoms. The molecule has 0 atom stereocenters. The number of aromatic nitrogens is 1. The van der Waals surface area contributed by atoms with E-state index in [4.69, 9.17) is 16.3 Å². The van der Waals surface area contributed by atoms with Crippen LogP contribution in [0.5, 0.6) is 0 Å². The van der Waals surface area contributed by atoms with Crippen LogP contribution < -0.4 is 5.32 Å². The monoisotopic (exact) mass is 396 g/mol. The Bertz CT molecular complexity index is 730. The van der Waals surface area contributed by atoms with E-state index < -0.39 is 0 Å². The number of benzene rings is 1. The highest BCUT2D eigenvalue weighted by Gasteiger charge is 2.23. The summed E-state index contributed by atoms with van der Waals surface area (Å²) in [5.74, 6) is -0.0988. The highest BCUT2D eigenvalue weighted by molar-refractivity contribution is 9.10. The van der Waals surface area contributed by atoms with Crippen LogP contribution in [0.25, 0.3) is 10.9 Å². The Morgan fingerprint density at radius 2 is 2.04 bits per heavy atom. The van der Waals surface area contributed by atoms with Gasteiger partial charge in [-0.1, -0.05) is 27.5 Å². The third-order valence-corrected chi connectivity index (χ3v) is 5.01. The third kappa shape index (κ3) is 3.84. The van der Waals surface area contributed by atoms with Crippen molar-refractivity contribution in [2.75, 3.05) is 7.11 Å². The maximum absolute atomic E-state index is 12.7. The van der Waals surface area contributed by atoms with Crippen molar-refractivity contribution in [3.63, 3.8) is 0 Å². The Morgan fingerprint density at radius 3 is 2.74 bits per heavy atom. The number of ether oxygens (including phenoxy) is 1. The van der Waals surface area contributed by atoms with Crippen LogP contribution in [0, 0.1) is 0 Å². The van der Waals surface area contributed by atoms with Gasteiger partial charge in [-0.15, -0.1) is 0 Å². The van der Waals surface area contributed by atoms with E-state index in [9.17, 15) is 4.79 Å². The van der Waals surface area contributed by atoms with Crippen molar-refractivity contribution in [1.29, 1.82) is 0 Å². The van der Waals surface area contributed by atoms with E-state index in [1.54, 1.807) is 13.2 Å². The number of hydrogen-bond donors (Lipinski definition) is 1. The Labute approximate surface area is 148 Å². The van der Waals surface area contributed by atoms with Crippen LogP contribution >= 0.6 is 27.5 Å². The lowest BCUT2D eigenvalue weighted by molar-refractivity contribution is 0.0599. The summed E-state index contributed by atoms with van der Waals surface area (Å²) < 4.78 is 6.28. The fraction of sp³-hybridized carbons (Fsp3) is 0.412. The molecule has 4 nitrogen and oxygen atoms in total. The largest absolute Gasteiger partial charge is 0.381 e. The lowest BCUT2D eigenvalue weighted by Gasteiger charge is -2.28. The molecule has 0 spiro atoms. The molecule has 122 valence electrons. The van der Waals surface area contributed by atoms with Crippen LogP contribution in [0.15, 0.2) is 28.7 Å². The van der Waals surface area contributed by atoms with Crippen molar-refractivity contribution in [3.05, 3.63) is 39.5 Å². The van der Waals surface area contributed by atoms with E-state index in [0.717, 1.165) is 35.5 Å². The first-order chi connectivity index (χ1) is 11.1. The van der Waals surface area contributed by atoms with Gasteiger partial charge in [0.15, 0.2) is 0 Å². The van der Waals surface area contributed by atoms with E-state index in [0.29, 0.717) is 22.3 Å². The molecule has 2 aromatic rings. The molecule has 1 amide bonds. The lowest BCUT2D eigenvalue weighted by atomic mass is 9.92. The summed E-state index contributed by atoms with van der Waals surface area (Å²) in [6.07, 6.45) is 4.14. The van der Waals surface area contributed by atoms with Gasteiger partial charge in [0.1, 0.15) is 5.15 Å². The number of nitrogens with one attached hydrogen (secondary N) is 1. The highest BCUT2D eigenvalue weighted by atomic mass is 79.9. The summed E-state index contributed by atoms with van der Waals surface area (Å²) in [5.41, 5.74) is 1.28. The molecule has 1 N–H and O–H groups in total. The highest BCUT2D eigenvalue weighted by Crippen LogP contribution is 2.26. The molecule has 1 aliphatic rings. The van der Waals surface area contributed by atoms with Gasteiger partial charge in [0, 0.05) is 23.0 Å². The van der Waals surface area contributed by atoms with Crippen LogP contribution in [-0.2, 0) is 4.74 Å². The average Bonchev–Trinajstić information content (AvgIpc) is 2.55. The number of carbonyl (C=O) groups excluding carboxylic acids is 1. The quantitative estimate of drug-likeness (QED) is 0.784. The van der Waals surface area contributed by atoms with Crippen molar-refractivity contribution in [2.24, 2.45) is 0 Å². The molecule has 0 unspecified atom stereocenters. The Morgan fingerprint density at radius 1 is 1.30 bits per heavy atom. The molecular weight excluding hydrogens is 380 g/mol. The van der Waals surface area contributed by atoms with Crippen molar-refractivity contribution >= 4 is 44.3 Å². The van der Waals surface area contributed by atoms with Crippen LogP contribution in [0.2, 0.25) is 5.15 Å². The van der Waals surface area contributed by atoms with Gasteiger partial charge in [0.25, 0.3) is 5.91 Å². The Balaban J connectivity index is 1.82. The first kappa shape index (κ1) is 16.7. The van der Waals surface area contributed by atoms with Crippen LogP contribution in [0.3, 0.4) is 0 Å². The average molecular weight is 398 g/mol. The topological polar surface area (TPSA) is 51.2 Å². The molecule has 1 aromatic carbocycles. The first-order valence-electron chi connectivity index (χ1n) is 7.66. The van der Waals surface area contributed by atoms with Crippen molar-refractivity contribution in [2.45, 2.75) is 37.8 Å². The zero-order chi connectivity index (χ0) is 16.4. The number of methoxy groups -OCH3 is 1. The van der Waals surface area contributed by atoms with E-state index in [1.807, 2.05) is 18.2 Å². The summed E-state index contributed by atoms with van der Waals surface area (Å²) in [7, 11) is 1.74. The number of nitrogens with zero attached hydrogens (tertiary/aromatic N) is 1. The van der Waals surface area contributed by atoms with Gasteiger partial charge in [-0.2, -0.15) is 0 Å². The molecule has 1 heterocycles. The van der Waals surface area contributed by atoms with Crippen molar-refractivity contribution in [1.82, 2.24) is 10.3 Å². The summed E-state index contributed by atoms with van der Waals surface area (Å²) in [4.78, 5) is 17.0. The normalized spacial score (nSPS) is 21.3. The molecule has 0 aliphatic heterocycles. The molecule has 3 rings (SSSR count). The minimum Gasteiger partial charge on any atom is -0.381 e. The van der Waals surface area contributed by atoms with Crippen LogP contribution in [0.1, 0.15) is 36.0 Å². The van der Waals surface area contributed by atoms with Gasteiger partial charge < -0.3 is 10.1 Å². The number of halogens is 2. The van der Waals surface area contributed by atoms with Gasteiger partial charge in [-0.25, -0.2) is 4.98 Å². The summed E-state index contributed by atoms with van der Waals surface area (Å²) in [5, 5.41) is 4.25. The molecule has 1 saturated carbocycles. The molecule has 0 radical (unpaired) electrons. The summed E-state index contributed by atoms with van der Waals surface area (Å²) in [6.45, 7) is 0. The van der Waals surface area contributed by atoms with Gasteiger partial charge >= 0.3 is 0 Å². The second kappa shape index (κ2) is 7.16. The first-order valence-corrected chi connectivity index (χ1v) is 8.83. The van der Waals surface area contributed by atoms with Gasteiger partial charge in [-0.3, -0.25) is 4.79 Å². The van der Waals surface area contributed by atoms with Gasteiger partial charge in [-0.05, 0) is 49.9 Å². The number of amides is 1. The third-order valence-electron chi connectivity index (χ3n) is 4.33. The van der Waals surface area contributed by atoms with E-state index in [-0.39, 0.29) is 11.9 Å². The fourth-order valence-electron chi connectivity index (χ4n) is 3.06. The van der Waals surface area contributed by atoms with E-state index in [1.165, 1.54) is 0 Å². The molecule has 0 saturated heterocycles. The standard InChI is InChI=1S/C17H18BrClN2O2/c1-23-12-5-3-11(4-6-12)20-17(22)14-9-16(19)21-15-7-2-10(18)8-13(14)15/h2,7-9,11-12H,3-6H2,1H3,(H,20,22). The van der Waals surface area contributed by atoms with Gasteiger partial charge in [0.2, 0.25) is 0 Å². The Hall–Kier alpha value is -1.17. The molecular formula is C17H18BrClN2O2. The predicted molar refractivity (Wildman–Crippen MR) is 95.0 cm³/mol. The maximum Gasteiger partial charge on any atom is 0.252 e. The second-order valence-electron chi connectivity index (χ2n) is 5.84. The summed E-state index contributed by atoms with van der Waals surface area (Å²) >= 11 is 9.51. The van der Waals surface area contributed by atoms with Crippen molar-refractivity contribution < 1.29 is 9.53 Å². The number of rotatable bonds is 3. The number of carbonyl (C=O) groups is 1. The number of pyridine rings is 1. The number of hydrogen-bond acceptors (Lipinski definition) is 3. The van der Waals surface area contributed by atoms with E-state index in [2.05, 4.69) is 26.2 Å². The zero-order valence-corrected chi connectivity index (χ0v) is 15.2. The zero-order valence-electron chi connectivity index (χ0n) is 12.8. The molecule has 1 fully saturated rings. The summed E-state index contributed by atoms with van der Waals surface area (Å²) in [6, 6.07) is 7.45. The van der Waals surface area contributed by atoms with Crippen molar-refractivity contribution in [3.8, 4) is 0 Å². The van der Waals surface area contributed by atoms with Crippen LogP contribution in [0.4, 0.5) is 0 Å². The second-order valence-corrected chi connectivity index (χ2v) is 7.14. The van der Waals surface area contributed by atoms with Gasteiger partial charge in [0.05, 0.1) is 17.2 Å². The maximum atomic E-state index is 12.7. The minimum absolute atomic E-state index is 0.0988. The molecule has 0 bridgehead atoms. The molecule has 1 aromatic heterocycles. The predicted octanol–water partition coefficient (Wildman–Crippen LogP) is 4.34. The smallest absolute Gasteiger partial charge is 0.252 e. The Kier molecular flexibility index (Phi) is 5.19. The fourth-order valence-corrected chi connectivity index (χ4v) is 3.62. The molecule has 1 aliphatic carbocycles. The molecule has 6 heteroatoms.